The van der Waals surface area contributed by atoms with E-state index in [0.29, 0.717) is 5.69 Å². The molecule has 1 heterocycles. The summed E-state index contributed by atoms with van der Waals surface area (Å²) >= 11 is 0. The SMILES string of the molecule is Cc1ccc(NC(=O)/C(C#N)=C\N2CCC(C)CC2)cc1. The van der Waals surface area contributed by atoms with Gasteiger partial charge in [0.1, 0.15) is 11.6 Å². The molecular formula is C17H21N3O. The number of carbonyl (C=O) groups is 1. The largest absolute Gasteiger partial charge is 0.376 e. The number of amides is 1. The zero-order chi connectivity index (χ0) is 15.2. The smallest absolute Gasteiger partial charge is 0.267 e. The van der Waals surface area contributed by atoms with E-state index in [0.717, 1.165) is 37.4 Å². The summed E-state index contributed by atoms with van der Waals surface area (Å²) in [4.78, 5) is 14.2. The number of aryl methyl sites for hydroxylation is 1. The van der Waals surface area contributed by atoms with Crippen molar-refractivity contribution in [3.05, 3.63) is 41.6 Å². The molecule has 1 N–H and O–H groups in total. The van der Waals surface area contributed by atoms with E-state index in [2.05, 4.69) is 17.1 Å². The van der Waals surface area contributed by atoms with Gasteiger partial charge in [0.05, 0.1) is 0 Å². The molecule has 1 aromatic carbocycles. The zero-order valence-electron chi connectivity index (χ0n) is 12.6. The molecule has 110 valence electrons. The average Bonchev–Trinajstić information content (AvgIpc) is 2.49. The highest BCUT2D eigenvalue weighted by Gasteiger charge is 2.16. The molecule has 0 saturated carbocycles. The van der Waals surface area contributed by atoms with Crippen molar-refractivity contribution in [2.24, 2.45) is 5.92 Å². The summed E-state index contributed by atoms with van der Waals surface area (Å²) in [6.45, 7) is 6.04. The Bertz CT molecular complexity index is 561. The first kappa shape index (κ1) is 15.1. The Morgan fingerprint density at radius 3 is 2.52 bits per heavy atom. The van der Waals surface area contributed by atoms with Gasteiger partial charge in [-0.25, -0.2) is 0 Å². The lowest BCUT2D eigenvalue weighted by molar-refractivity contribution is -0.112. The topological polar surface area (TPSA) is 56.1 Å². The molecule has 4 heteroatoms. The number of anilines is 1. The van der Waals surface area contributed by atoms with Crippen LogP contribution in [-0.4, -0.2) is 23.9 Å². The van der Waals surface area contributed by atoms with Gasteiger partial charge < -0.3 is 10.2 Å². The molecule has 1 amide bonds. The van der Waals surface area contributed by atoms with Crippen LogP contribution in [-0.2, 0) is 4.79 Å². The first-order chi connectivity index (χ1) is 10.1. The van der Waals surface area contributed by atoms with Crippen LogP contribution < -0.4 is 5.32 Å². The van der Waals surface area contributed by atoms with Gasteiger partial charge in [-0.05, 0) is 37.8 Å². The lowest BCUT2D eigenvalue weighted by Gasteiger charge is -2.29. The summed E-state index contributed by atoms with van der Waals surface area (Å²) in [6.07, 6.45) is 3.90. The van der Waals surface area contributed by atoms with Gasteiger partial charge in [0, 0.05) is 25.0 Å². The number of piperidine rings is 1. The van der Waals surface area contributed by atoms with Gasteiger partial charge >= 0.3 is 0 Å². The third-order valence-corrected chi connectivity index (χ3v) is 3.80. The standard InChI is InChI=1S/C17H21N3O/c1-13-3-5-16(6-4-13)19-17(21)15(11-18)12-20-9-7-14(2)8-10-20/h3-6,12,14H,7-10H2,1-2H3,(H,19,21)/b15-12-. The summed E-state index contributed by atoms with van der Waals surface area (Å²) in [6, 6.07) is 9.53. The van der Waals surface area contributed by atoms with Crippen LogP contribution in [0.5, 0.6) is 0 Å². The predicted molar refractivity (Wildman–Crippen MR) is 83.5 cm³/mol. The minimum atomic E-state index is -0.347. The molecule has 1 fully saturated rings. The number of nitrogens with one attached hydrogen (secondary N) is 1. The highest BCUT2D eigenvalue weighted by atomic mass is 16.1. The highest BCUT2D eigenvalue weighted by molar-refractivity contribution is 6.06. The minimum absolute atomic E-state index is 0.158. The average molecular weight is 283 g/mol. The first-order valence-corrected chi connectivity index (χ1v) is 7.32. The Kier molecular flexibility index (Phi) is 4.99. The summed E-state index contributed by atoms with van der Waals surface area (Å²) < 4.78 is 0. The van der Waals surface area contributed by atoms with Crippen molar-refractivity contribution in [1.82, 2.24) is 4.90 Å². The number of rotatable bonds is 3. The van der Waals surface area contributed by atoms with Gasteiger partial charge in [0.25, 0.3) is 5.91 Å². The molecule has 1 aromatic rings. The number of carbonyl (C=O) groups excluding carboxylic acids is 1. The Morgan fingerprint density at radius 1 is 1.33 bits per heavy atom. The maximum Gasteiger partial charge on any atom is 0.267 e. The van der Waals surface area contributed by atoms with E-state index in [4.69, 9.17) is 0 Å². The van der Waals surface area contributed by atoms with Crippen LogP contribution in [0.25, 0.3) is 0 Å². The number of benzene rings is 1. The van der Waals surface area contributed by atoms with Crippen LogP contribution in [0, 0.1) is 24.2 Å². The van der Waals surface area contributed by atoms with Gasteiger partial charge in [-0.15, -0.1) is 0 Å². The molecular weight excluding hydrogens is 262 g/mol. The molecule has 0 aliphatic carbocycles. The molecule has 0 unspecified atom stereocenters. The first-order valence-electron chi connectivity index (χ1n) is 7.32. The van der Waals surface area contributed by atoms with Crippen molar-refractivity contribution in [2.45, 2.75) is 26.7 Å². The van der Waals surface area contributed by atoms with Crippen LogP contribution in [0.3, 0.4) is 0 Å². The molecule has 0 bridgehead atoms. The molecule has 0 spiro atoms. The quantitative estimate of drug-likeness (QED) is 0.685. The van der Waals surface area contributed by atoms with Crippen molar-refractivity contribution < 1.29 is 4.79 Å². The maximum atomic E-state index is 12.1. The Balaban J connectivity index is 2.01. The molecule has 1 saturated heterocycles. The molecule has 21 heavy (non-hydrogen) atoms. The normalized spacial score (nSPS) is 16.4. The third-order valence-electron chi connectivity index (χ3n) is 3.80. The van der Waals surface area contributed by atoms with Crippen LogP contribution in [0.15, 0.2) is 36.0 Å². The summed E-state index contributed by atoms with van der Waals surface area (Å²) in [5, 5.41) is 12.0. The molecule has 0 radical (unpaired) electrons. The van der Waals surface area contributed by atoms with Gasteiger partial charge in [-0.1, -0.05) is 24.6 Å². The molecule has 0 atom stereocenters. The second-order valence-corrected chi connectivity index (χ2v) is 5.69. The van der Waals surface area contributed by atoms with Gasteiger partial charge in [0.2, 0.25) is 0 Å². The van der Waals surface area contributed by atoms with E-state index in [1.165, 1.54) is 0 Å². The van der Waals surface area contributed by atoms with Crippen LogP contribution >= 0.6 is 0 Å². The van der Waals surface area contributed by atoms with Crippen LogP contribution in [0.4, 0.5) is 5.69 Å². The monoisotopic (exact) mass is 283 g/mol. The van der Waals surface area contributed by atoms with Crippen molar-refractivity contribution in [3.8, 4) is 6.07 Å². The zero-order valence-corrected chi connectivity index (χ0v) is 12.6. The number of hydrogen-bond donors (Lipinski definition) is 1. The second-order valence-electron chi connectivity index (χ2n) is 5.69. The van der Waals surface area contributed by atoms with Crippen LogP contribution in [0.2, 0.25) is 0 Å². The number of likely N-dealkylation sites (tertiary alicyclic amines) is 1. The van der Waals surface area contributed by atoms with E-state index in [1.54, 1.807) is 6.20 Å². The fourth-order valence-electron chi connectivity index (χ4n) is 2.31. The Labute approximate surface area is 126 Å². The molecule has 2 rings (SSSR count). The van der Waals surface area contributed by atoms with Crippen molar-refractivity contribution in [1.29, 1.82) is 5.26 Å². The van der Waals surface area contributed by atoms with Crippen molar-refractivity contribution in [2.75, 3.05) is 18.4 Å². The molecule has 1 aliphatic heterocycles. The second kappa shape index (κ2) is 6.94. The minimum Gasteiger partial charge on any atom is -0.376 e. The number of nitriles is 1. The lowest BCUT2D eigenvalue weighted by Crippen LogP contribution is -2.29. The predicted octanol–water partition coefficient (Wildman–Crippen LogP) is 3.07. The van der Waals surface area contributed by atoms with Gasteiger partial charge in [-0.2, -0.15) is 5.26 Å². The van der Waals surface area contributed by atoms with E-state index in [-0.39, 0.29) is 11.5 Å². The number of nitrogens with zero attached hydrogens (tertiary/aromatic N) is 2. The molecule has 4 nitrogen and oxygen atoms in total. The summed E-state index contributed by atoms with van der Waals surface area (Å²) in [7, 11) is 0. The van der Waals surface area contributed by atoms with E-state index < -0.39 is 0 Å². The Hall–Kier alpha value is -2.28. The summed E-state index contributed by atoms with van der Waals surface area (Å²) in [5.41, 5.74) is 2.00. The van der Waals surface area contributed by atoms with E-state index in [9.17, 15) is 10.1 Å². The molecule has 0 aromatic heterocycles. The van der Waals surface area contributed by atoms with Gasteiger partial charge in [-0.3, -0.25) is 4.79 Å². The van der Waals surface area contributed by atoms with Crippen molar-refractivity contribution in [3.63, 3.8) is 0 Å². The fraction of sp³-hybridized carbons (Fsp3) is 0.412. The third kappa shape index (κ3) is 4.35. The summed E-state index contributed by atoms with van der Waals surface area (Å²) in [5.74, 6) is 0.376. The van der Waals surface area contributed by atoms with E-state index in [1.807, 2.05) is 37.3 Å². The van der Waals surface area contributed by atoms with Gasteiger partial charge in [0.15, 0.2) is 0 Å². The Morgan fingerprint density at radius 2 is 1.95 bits per heavy atom. The van der Waals surface area contributed by atoms with E-state index >= 15 is 0 Å². The highest BCUT2D eigenvalue weighted by Crippen LogP contribution is 2.17. The van der Waals surface area contributed by atoms with Crippen molar-refractivity contribution >= 4 is 11.6 Å². The maximum absolute atomic E-state index is 12.1. The molecule has 1 aliphatic rings. The number of hydrogen-bond acceptors (Lipinski definition) is 3. The van der Waals surface area contributed by atoms with Crippen LogP contribution in [0.1, 0.15) is 25.3 Å². The lowest BCUT2D eigenvalue weighted by atomic mass is 9.99. The fourth-order valence-corrected chi connectivity index (χ4v) is 2.31.